The van der Waals surface area contributed by atoms with Gasteiger partial charge in [-0.3, -0.25) is 4.57 Å². The maximum atomic E-state index is 12.3. The van der Waals surface area contributed by atoms with E-state index in [-0.39, 0.29) is 23.9 Å². The highest BCUT2D eigenvalue weighted by Gasteiger charge is 2.37. The fourth-order valence-electron chi connectivity index (χ4n) is 4.77. The van der Waals surface area contributed by atoms with E-state index in [0.717, 1.165) is 16.5 Å². The van der Waals surface area contributed by atoms with Crippen LogP contribution in [0, 0.1) is 11.3 Å². The van der Waals surface area contributed by atoms with E-state index in [9.17, 15) is 10.1 Å². The summed E-state index contributed by atoms with van der Waals surface area (Å²) in [6.07, 6.45) is 3.23. The highest BCUT2D eigenvalue weighted by molar-refractivity contribution is 5.86. The molecular weight excluding hydrogens is 484 g/mol. The summed E-state index contributed by atoms with van der Waals surface area (Å²) >= 11 is 0. The zero-order valence-electron chi connectivity index (χ0n) is 20.6. The van der Waals surface area contributed by atoms with E-state index in [4.69, 9.17) is 19.6 Å². The first kappa shape index (κ1) is 23.1. The molecule has 1 aliphatic rings. The Labute approximate surface area is 217 Å². The average molecular weight is 507 g/mol. The molecule has 1 atom stereocenters. The van der Waals surface area contributed by atoms with Crippen LogP contribution in [0.2, 0.25) is 0 Å². The van der Waals surface area contributed by atoms with Crippen LogP contribution < -0.4 is 10.5 Å². The van der Waals surface area contributed by atoms with Gasteiger partial charge >= 0.3 is 5.97 Å². The first-order valence-electron chi connectivity index (χ1n) is 11.9. The van der Waals surface area contributed by atoms with Crippen molar-refractivity contribution in [3.8, 4) is 29.1 Å². The number of nitriles is 1. The fourth-order valence-corrected chi connectivity index (χ4v) is 4.77. The second-order valence-electron chi connectivity index (χ2n) is 8.70. The minimum atomic E-state index is -0.554. The number of para-hydroxylation sites is 1. The monoisotopic (exact) mass is 506 g/mol. The van der Waals surface area contributed by atoms with E-state index >= 15 is 0 Å². The number of allylic oxidation sites excluding steroid dienone is 1. The molecule has 0 fully saturated rings. The maximum Gasteiger partial charge on any atom is 0.374 e. The summed E-state index contributed by atoms with van der Waals surface area (Å²) < 4.78 is 20.4. The summed E-state index contributed by atoms with van der Waals surface area (Å²) in [4.78, 5) is 16.5. The number of imidazole rings is 1. The van der Waals surface area contributed by atoms with Gasteiger partial charge in [0.2, 0.25) is 17.6 Å². The van der Waals surface area contributed by atoms with Gasteiger partial charge in [-0.15, -0.1) is 0 Å². The molecule has 4 heterocycles. The van der Waals surface area contributed by atoms with Gasteiger partial charge in [0.1, 0.15) is 22.9 Å². The molecule has 1 aliphatic heterocycles. The molecule has 5 aromatic rings. The van der Waals surface area contributed by atoms with Gasteiger partial charge in [0.05, 0.1) is 18.1 Å². The molecule has 0 amide bonds. The average Bonchev–Trinajstić information content (AvgIpc) is 3.65. The Morgan fingerprint density at radius 2 is 2.00 bits per heavy atom. The fraction of sp³-hybridized carbons (Fsp3) is 0.143. The van der Waals surface area contributed by atoms with Crippen LogP contribution >= 0.6 is 0 Å². The molecule has 2 N–H and O–H groups in total. The third kappa shape index (κ3) is 3.60. The Morgan fingerprint density at radius 1 is 1.21 bits per heavy atom. The number of hydrogen-bond acceptors (Lipinski definition) is 8. The zero-order chi connectivity index (χ0) is 26.4. The van der Waals surface area contributed by atoms with Crippen molar-refractivity contribution in [2.45, 2.75) is 12.8 Å². The van der Waals surface area contributed by atoms with E-state index < -0.39 is 11.9 Å². The molecule has 0 saturated heterocycles. The number of nitrogens with zero attached hydrogens (tertiary/aromatic N) is 5. The molecule has 10 heteroatoms. The number of carbonyl (C=O) groups excluding carboxylic acids is 1. The Morgan fingerprint density at radius 3 is 2.74 bits per heavy atom. The van der Waals surface area contributed by atoms with Gasteiger partial charge in [0.15, 0.2) is 5.76 Å². The predicted molar refractivity (Wildman–Crippen MR) is 137 cm³/mol. The Hall–Kier alpha value is -5.30. The molecule has 2 aromatic carbocycles. The lowest BCUT2D eigenvalue weighted by molar-refractivity contribution is 0.0510. The summed E-state index contributed by atoms with van der Waals surface area (Å²) in [5, 5.41) is 15.7. The van der Waals surface area contributed by atoms with Crippen LogP contribution in [-0.4, -0.2) is 31.9 Å². The molecule has 1 unspecified atom stereocenters. The van der Waals surface area contributed by atoms with Crippen LogP contribution in [0.1, 0.15) is 34.6 Å². The SMILES string of the molecule is CCOC(=O)c1nccn1-c1ccc(C2C(C#N)=C(N)Oc3c2c(-c2cc4ccccc4o2)nn3C)cc1. The van der Waals surface area contributed by atoms with E-state index in [1.807, 2.05) is 54.6 Å². The normalized spacial score (nSPS) is 14.7. The van der Waals surface area contributed by atoms with Gasteiger partial charge in [0, 0.05) is 30.5 Å². The van der Waals surface area contributed by atoms with Crippen molar-refractivity contribution < 1.29 is 18.7 Å². The molecule has 10 nitrogen and oxygen atoms in total. The summed E-state index contributed by atoms with van der Waals surface area (Å²) in [5.74, 6) is 0.126. The smallest absolute Gasteiger partial charge is 0.374 e. The van der Waals surface area contributed by atoms with Crippen molar-refractivity contribution >= 4 is 16.9 Å². The molecule has 3 aromatic heterocycles. The number of hydrogen-bond donors (Lipinski definition) is 1. The lowest BCUT2D eigenvalue weighted by Crippen LogP contribution is -2.21. The van der Waals surface area contributed by atoms with Crippen molar-refractivity contribution in [2.75, 3.05) is 6.61 Å². The highest BCUT2D eigenvalue weighted by Crippen LogP contribution is 2.47. The predicted octanol–water partition coefficient (Wildman–Crippen LogP) is 4.41. The molecule has 0 radical (unpaired) electrons. The van der Waals surface area contributed by atoms with Crippen LogP contribution in [0.4, 0.5) is 0 Å². The molecule has 0 spiro atoms. The third-order valence-electron chi connectivity index (χ3n) is 6.46. The van der Waals surface area contributed by atoms with E-state index in [0.29, 0.717) is 28.6 Å². The number of aryl methyl sites for hydroxylation is 1. The lowest BCUT2D eigenvalue weighted by atomic mass is 9.83. The Bertz CT molecular complexity index is 1730. The quantitative estimate of drug-likeness (QED) is 0.346. The van der Waals surface area contributed by atoms with E-state index in [1.165, 1.54) is 6.20 Å². The second-order valence-corrected chi connectivity index (χ2v) is 8.70. The number of benzene rings is 2. The summed E-state index contributed by atoms with van der Waals surface area (Å²) in [5.41, 5.74) is 9.95. The first-order valence-corrected chi connectivity index (χ1v) is 11.9. The van der Waals surface area contributed by atoms with Gasteiger partial charge < -0.3 is 19.6 Å². The summed E-state index contributed by atoms with van der Waals surface area (Å²) in [6, 6.07) is 19.3. The molecule has 0 saturated carbocycles. The molecule has 38 heavy (non-hydrogen) atoms. The number of rotatable bonds is 5. The molecule has 0 aliphatic carbocycles. The Balaban J connectivity index is 1.47. The highest BCUT2D eigenvalue weighted by atomic mass is 16.5. The molecule has 6 rings (SSSR count). The number of aromatic nitrogens is 4. The van der Waals surface area contributed by atoms with Crippen molar-refractivity contribution in [2.24, 2.45) is 12.8 Å². The standard InChI is InChI=1S/C28H22N6O4/c1-3-36-28(35)26-31-12-13-34(26)18-10-8-16(9-11-18)22-19(15-29)25(30)38-27-23(22)24(32-33(27)2)21-14-17-6-4-5-7-20(17)37-21/h4-14,22H,3,30H2,1-2H3. The third-order valence-corrected chi connectivity index (χ3v) is 6.46. The minimum absolute atomic E-state index is 0.0208. The van der Waals surface area contributed by atoms with Crippen LogP contribution in [-0.2, 0) is 11.8 Å². The first-order chi connectivity index (χ1) is 18.5. The van der Waals surface area contributed by atoms with Crippen LogP contribution in [0.5, 0.6) is 5.88 Å². The second kappa shape index (κ2) is 8.97. The molecule has 0 bridgehead atoms. The van der Waals surface area contributed by atoms with Gasteiger partial charge in [-0.25, -0.2) is 14.5 Å². The number of ether oxygens (including phenoxy) is 2. The summed E-state index contributed by atoms with van der Waals surface area (Å²) in [7, 11) is 1.76. The summed E-state index contributed by atoms with van der Waals surface area (Å²) in [6.45, 7) is 1.99. The van der Waals surface area contributed by atoms with Crippen LogP contribution in [0.3, 0.4) is 0 Å². The van der Waals surface area contributed by atoms with Crippen LogP contribution in [0.25, 0.3) is 28.1 Å². The number of furan rings is 1. The minimum Gasteiger partial charge on any atom is -0.460 e. The zero-order valence-corrected chi connectivity index (χ0v) is 20.6. The maximum absolute atomic E-state index is 12.3. The van der Waals surface area contributed by atoms with Gasteiger partial charge in [-0.2, -0.15) is 10.4 Å². The van der Waals surface area contributed by atoms with Gasteiger partial charge in [0.25, 0.3) is 0 Å². The van der Waals surface area contributed by atoms with Gasteiger partial charge in [-0.05, 0) is 36.8 Å². The van der Waals surface area contributed by atoms with Gasteiger partial charge in [-0.1, -0.05) is 30.3 Å². The van der Waals surface area contributed by atoms with E-state index in [1.54, 1.807) is 29.4 Å². The Kier molecular flexibility index (Phi) is 5.46. The molecular formula is C28H22N6O4. The lowest BCUT2D eigenvalue weighted by Gasteiger charge is -2.24. The number of fused-ring (bicyclic) bond motifs is 2. The molecule has 188 valence electrons. The van der Waals surface area contributed by atoms with E-state index in [2.05, 4.69) is 16.2 Å². The number of carbonyl (C=O) groups is 1. The number of nitrogens with two attached hydrogens (primary N) is 1. The van der Waals surface area contributed by atoms with Crippen molar-refractivity contribution in [3.05, 3.63) is 95.4 Å². The van der Waals surface area contributed by atoms with Crippen molar-refractivity contribution in [3.63, 3.8) is 0 Å². The topological polar surface area (TPSA) is 134 Å². The number of esters is 1. The van der Waals surface area contributed by atoms with Crippen LogP contribution in [0.15, 0.2) is 82.9 Å². The largest absolute Gasteiger partial charge is 0.460 e. The van der Waals surface area contributed by atoms with Crippen molar-refractivity contribution in [1.82, 2.24) is 19.3 Å². The van der Waals surface area contributed by atoms with Crippen molar-refractivity contribution in [1.29, 1.82) is 5.26 Å².